The Morgan fingerprint density at radius 1 is 0.909 bits per heavy atom. The van der Waals surface area contributed by atoms with Crippen LogP contribution in [0.1, 0.15) is 43.0 Å². The molecule has 0 aliphatic heterocycles. The Morgan fingerprint density at radius 3 is 2.00 bits per heavy atom. The first kappa shape index (κ1) is 16.3. The maximum absolute atomic E-state index is 12.0. The zero-order chi connectivity index (χ0) is 16.2. The van der Waals surface area contributed by atoms with E-state index in [-0.39, 0.29) is 11.3 Å². The summed E-state index contributed by atoms with van der Waals surface area (Å²) in [6.07, 6.45) is 0.431. The lowest BCUT2D eigenvalue weighted by Crippen LogP contribution is -2.24. The lowest BCUT2D eigenvalue weighted by atomic mass is 9.87. The van der Waals surface area contributed by atoms with Crippen molar-refractivity contribution in [2.75, 3.05) is 0 Å². The Balaban J connectivity index is 1.87. The third-order valence-electron chi connectivity index (χ3n) is 3.79. The largest absolute Gasteiger partial charge is 0.352 e. The number of hydrogen-bond donors (Lipinski definition) is 1. The normalized spacial score (nSPS) is 11.3. The van der Waals surface area contributed by atoms with Gasteiger partial charge in [0, 0.05) is 6.54 Å². The minimum Gasteiger partial charge on any atom is -0.352 e. The van der Waals surface area contributed by atoms with Crippen LogP contribution in [0.4, 0.5) is 0 Å². The van der Waals surface area contributed by atoms with E-state index in [0.717, 1.165) is 11.1 Å². The summed E-state index contributed by atoms with van der Waals surface area (Å²) < 4.78 is 0. The molecule has 116 valence electrons. The Hall–Kier alpha value is -2.09. The van der Waals surface area contributed by atoms with Crippen LogP contribution in [0, 0.1) is 6.92 Å². The van der Waals surface area contributed by atoms with Crippen LogP contribution in [0.15, 0.2) is 48.5 Å². The number of nitrogens with one attached hydrogen (secondary N) is 1. The topological polar surface area (TPSA) is 29.1 Å². The van der Waals surface area contributed by atoms with E-state index in [4.69, 9.17) is 0 Å². The van der Waals surface area contributed by atoms with Crippen LogP contribution in [-0.4, -0.2) is 5.91 Å². The average molecular weight is 295 g/mol. The molecule has 2 aromatic carbocycles. The number of hydrogen-bond acceptors (Lipinski definition) is 1. The van der Waals surface area contributed by atoms with Gasteiger partial charge in [-0.15, -0.1) is 0 Å². The molecule has 0 aliphatic carbocycles. The predicted molar refractivity (Wildman–Crippen MR) is 91.9 cm³/mol. The summed E-state index contributed by atoms with van der Waals surface area (Å²) >= 11 is 0. The van der Waals surface area contributed by atoms with Crippen molar-refractivity contribution in [2.45, 2.75) is 46.1 Å². The molecule has 0 saturated carbocycles. The summed E-state index contributed by atoms with van der Waals surface area (Å²) in [6, 6.07) is 16.5. The highest BCUT2D eigenvalue weighted by Gasteiger charge is 2.12. The van der Waals surface area contributed by atoms with Crippen molar-refractivity contribution < 1.29 is 4.79 Å². The number of benzene rings is 2. The van der Waals surface area contributed by atoms with Crippen LogP contribution in [-0.2, 0) is 23.2 Å². The van der Waals surface area contributed by atoms with Gasteiger partial charge in [0.05, 0.1) is 6.42 Å². The van der Waals surface area contributed by atoms with Crippen LogP contribution in [0.2, 0.25) is 0 Å². The minimum absolute atomic E-state index is 0.0590. The number of rotatable bonds is 4. The quantitative estimate of drug-likeness (QED) is 0.902. The summed E-state index contributed by atoms with van der Waals surface area (Å²) in [5.41, 5.74) is 4.86. The van der Waals surface area contributed by atoms with Crippen molar-refractivity contribution >= 4 is 5.91 Å². The fraction of sp³-hybridized carbons (Fsp3) is 0.350. The smallest absolute Gasteiger partial charge is 0.224 e. The molecule has 2 nitrogen and oxygen atoms in total. The molecule has 0 aliphatic rings. The third-order valence-corrected chi connectivity index (χ3v) is 3.79. The van der Waals surface area contributed by atoms with Gasteiger partial charge in [-0.05, 0) is 29.0 Å². The first-order valence-corrected chi connectivity index (χ1v) is 7.76. The van der Waals surface area contributed by atoms with Crippen molar-refractivity contribution in [3.63, 3.8) is 0 Å². The molecule has 0 radical (unpaired) electrons. The SMILES string of the molecule is Cc1ccc(CC(=O)NCc2ccc(C(C)(C)C)cc2)cc1. The van der Waals surface area contributed by atoms with E-state index in [1.165, 1.54) is 11.1 Å². The molecule has 0 aromatic heterocycles. The zero-order valence-electron chi connectivity index (χ0n) is 13.9. The first-order chi connectivity index (χ1) is 10.3. The van der Waals surface area contributed by atoms with Gasteiger partial charge in [-0.3, -0.25) is 4.79 Å². The van der Waals surface area contributed by atoms with Gasteiger partial charge in [-0.1, -0.05) is 74.9 Å². The van der Waals surface area contributed by atoms with E-state index >= 15 is 0 Å². The van der Waals surface area contributed by atoms with Crippen molar-refractivity contribution in [1.82, 2.24) is 5.32 Å². The Morgan fingerprint density at radius 2 is 1.45 bits per heavy atom. The van der Waals surface area contributed by atoms with E-state index in [2.05, 4.69) is 50.4 Å². The number of carbonyl (C=O) groups is 1. The summed E-state index contributed by atoms with van der Waals surface area (Å²) in [5.74, 6) is 0.0590. The molecule has 2 rings (SSSR count). The molecule has 1 amide bonds. The van der Waals surface area contributed by atoms with Crippen LogP contribution < -0.4 is 5.32 Å². The van der Waals surface area contributed by atoms with Crippen molar-refractivity contribution in [1.29, 1.82) is 0 Å². The molecule has 0 atom stereocenters. The fourth-order valence-corrected chi connectivity index (χ4v) is 2.28. The number of aryl methyl sites for hydroxylation is 1. The minimum atomic E-state index is 0.0590. The van der Waals surface area contributed by atoms with Crippen LogP contribution in [0.5, 0.6) is 0 Å². The second-order valence-electron chi connectivity index (χ2n) is 6.89. The van der Waals surface area contributed by atoms with E-state index in [1.807, 2.05) is 31.2 Å². The Kier molecular flexibility index (Phi) is 5.02. The van der Waals surface area contributed by atoms with Crippen LogP contribution in [0.3, 0.4) is 0 Å². The third kappa shape index (κ3) is 4.73. The van der Waals surface area contributed by atoms with Crippen molar-refractivity contribution in [2.24, 2.45) is 0 Å². The van der Waals surface area contributed by atoms with Gasteiger partial charge in [0.2, 0.25) is 5.91 Å². The standard InChI is InChI=1S/C20H25NO/c1-15-5-7-16(8-6-15)13-19(22)21-14-17-9-11-18(12-10-17)20(2,3)4/h5-12H,13-14H2,1-4H3,(H,21,22). The summed E-state index contributed by atoms with van der Waals surface area (Å²) in [6.45, 7) is 9.22. The second kappa shape index (κ2) is 6.78. The average Bonchev–Trinajstić information content (AvgIpc) is 2.47. The molecule has 0 saturated heterocycles. The Bertz CT molecular complexity index is 618. The molecule has 2 aromatic rings. The van der Waals surface area contributed by atoms with Crippen molar-refractivity contribution in [3.05, 3.63) is 70.8 Å². The highest BCUT2D eigenvalue weighted by Crippen LogP contribution is 2.22. The molecule has 0 fully saturated rings. The van der Waals surface area contributed by atoms with E-state index < -0.39 is 0 Å². The van der Waals surface area contributed by atoms with Gasteiger partial charge in [-0.2, -0.15) is 0 Å². The molecule has 0 spiro atoms. The molecule has 0 heterocycles. The maximum Gasteiger partial charge on any atom is 0.224 e. The molecule has 0 unspecified atom stereocenters. The van der Waals surface area contributed by atoms with Gasteiger partial charge in [-0.25, -0.2) is 0 Å². The highest BCUT2D eigenvalue weighted by molar-refractivity contribution is 5.78. The van der Waals surface area contributed by atoms with Gasteiger partial charge < -0.3 is 5.32 Å². The zero-order valence-corrected chi connectivity index (χ0v) is 13.9. The van der Waals surface area contributed by atoms with Crippen LogP contribution >= 0.6 is 0 Å². The van der Waals surface area contributed by atoms with Gasteiger partial charge in [0.1, 0.15) is 0 Å². The van der Waals surface area contributed by atoms with Crippen LogP contribution in [0.25, 0.3) is 0 Å². The molecule has 22 heavy (non-hydrogen) atoms. The lowest BCUT2D eigenvalue weighted by Gasteiger charge is -2.19. The predicted octanol–water partition coefficient (Wildman–Crippen LogP) is 4.15. The Labute approximate surface area is 133 Å². The van der Waals surface area contributed by atoms with Gasteiger partial charge >= 0.3 is 0 Å². The summed E-state index contributed by atoms with van der Waals surface area (Å²) in [7, 11) is 0. The maximum atomic E-state index is 12.0. The monoisotopic (exact) mass is 295 g/mol. The number of carbonyl (C=O) groups excluding carboxylic acids is 1. The van der Waals surface area contributed by atoms with Crippen molar-refractivity contribution in [3.8, 4) is 0 Å². The molecular formula is C20H25NO. The lowest BCUT2D eigenvalue weighted by molar-refractivity contribution is -0.120. The van der Waals surface area contributed by atoms with E-state index in [0.29, 0.717) is 13.0 Å². The molecule has 1 N–H and O–H groups in total. The van der Waals surface area contributed by atoms with E-state index in [1.54, 1.807) is 0 Å². The van der Waals surface area contributed by atoms with Gasteiger partial charge in [0.25, 0.3) is 0 Å². The van der Waals surface area contributed by atoms with Gasteiger partial charge in [0.15, 0.2) is 0 Å². The number of amides is 1. The molecular weight excluding hydrogens is 270 g/mol. The molecule has 2 heteroatoms. The summed E-state index contributed by atoms with van der Waals surface area (Å²) in [5, 5.41) is 2.98. The van der Waals surface area contributed by atoms with E-state index in [9.17, 15) is 4.79 Å². The second-order valence-corrected chi connectivity index (χ2v) is 6.89. The summed E-state index contributed by atoms with van der Waals surface area (Å²) in [4.78, 5) is 12.0. The highest BCUT2D eigenvalue weighted by atomic mass is 16.1. The fourth-order valence-electron chi connectivity index (χ4n) is 2.28. The first-order valence-electron chi connectivity index (χ1n) is 7.76. The molecule has 0 bridgehead atoms.